The van der Waals surface area contributed by atoms with Crippen molar-refractivity contribution in [2.24, 2.45) is 0 Å². The molecule has 0 saturated carbocycles. The standard InChI is InChI=1S/C35H36F2N2O6/c1-21(2)39-29(15-14-26(40)18-27(41)19-31(42)43)32(24-10-12-25(36)13-11-24)33(23-7-5-4-6-8-23)34(39)35(44)38-20-22-9-16-30(45-3)28(37)17-22/h4-17,21,26-27,40-41H,18-20H2,1-3H3,(H,38,44)(H,42,43). The summed E-state index contributed by atoms with van der Waals surface area (Å²) in [6.45, 7) is 3.81. The Kier molecular flexibility index (Phi) is 10.9. The van der Waals surface area contributed by atoms with Crippen LogP contribution in [-0.4, -0.2) is 51.1 Å². The molecule has 0 spiro atoms. The van der Waals surface area contributed by atoms with E-state index in [4.69, 9.17) is 9.84 Å². The van der Waals surface area contributed by atoms with Crippen molar-refractivity contribution in [3.05, 3.63) is 107 Å². The number of carboxylic acids is 1. The van der Waals surface area contributed by atoms with Gasteiger partial charge in [0, 0.05) is 35.8 Å². The molecule has 3 aromatic carbocycles. The molecule has 0 radical (unpaired) electrons. The number of hydrogen-bond acceptors (Lipinski definition) is 5. The van der Waals surface area contributed by atoms with E-state index in [1.165, 1.54) is 37.5 Å². The van der Waals surface area contributed by atoms with E-state index < -0.39 is 42.1 Å². The van der Waals surface area contributed by atoms with Crippen molar-refractivity contribution >= 4 is 18.0 Å². The zero-order valence-electron chi connectivity index (χ0n) is 25.2. The van der Waals surface area contributed by atoms with Gasteiger partial charge in [0.2, 0.25) is 0 Å². The Morgan fingerprint density at radius 2 is 1.62 bits per heavy atom. The normalized spacial score (nSPS) is 12.8. The van der Waals surface area contributed by atoms with E-state index in [0.29, 0.717) is 39.2 Å². The van der Waals surface area contributed by atoms with Crippen LogP contribution >= 0.6 is 0 Å². The summed E-state index contributed by atoms with van der Waals surface area (Å²) < 4.78 is 35.2. The van der Waals surface area contributed by atoms with E-state index in [2.05, 4.69) is 5.32 Å². The van der Waals surface area contributed by atoms with E-state index in [1.807, 2.05) is 48.7 Å². The Morgan fingerprint density at radius 3 is 2.22 bits per heavy atom. The molecule has 1 amide bonds. The zero-order chi connectivity index (χ0) is 32.7. The molecule has 4 N–H and O–H groups in total. The molecule has 0 saturated heterocycles. The maximum atomic E-state index is 14.4. The number of nitrogens with zero attached hydrogens (tertiary/aromatic N) is 1. The third kappa shape index (κ3) is 8.03. The third-order valence-electron chi connectivity index (χ3n) is 7.24. The fourth-order valence-electron chi connectivity index (χ4n) is 5.26. The van der Waals surface area contributed by atoms with Crippen molar-refractivity contribution in [3.63, 3.8) is 0 Å². The Labute approximate surface area is 260 Å². The largest absolute Gasteiger partial charge is 0.494 e. The number of aliphatic carboxylic acids is 1. The van der Waals surface area contributed by atoms with Crippen LogP contribution in [0.1, 0.15) is 54.5 Å². The molecule has 0 aliphatic carbocycles. The van der Waals surface area contributed by atoms with Crippen LogP contribution in [0.4, 0.5) is 8.78 Å². The molecule has 2 atom stereocenters. The number of ether oxygens (including phenoxy) is 1. The summed E-state index contributed by atoms with van der Waals surface area (Å²) in [6.07, 6.45) is -0.136. The Balaban J connectivity index is 1.89. The number of hydrogen-bond donors (Lipinski definition) is 4. The van der Waals surface area contributed by atoms with Crippen molar-refractivity contribution in [2.45, 2.75) is 51.5 Å². The van der Waals surface area contributed by atoms with Crippen LogP contribution < -0.4 is 10.1 Å². The molecule has 8 nitrogen and oxygen atoms in total. The Hall–Kier alpha value is -4.80. The van der Waals surface area contributed by atoms with Gasteiger partial charge in [-0.15, -0.1) is 0 Å². The molecule has 1 heterocycles. The van der Waals surface area contributed by atoms with Gasteiger partial charge < -0.3 is 29.9 Å². The summed E-state index contributed by atoms with van der Waals surface area (Å²) in [6, 6.07) is 19.2. The Bertz CT molecular complexity index is 1670. The number of aromatic nitrogens is 1. The fraction of sp³-hybridized carbons (Fsp3) is 0.257. The van der Waals surface area contributed by atoms with E-state index in [9.17, 15) is 28.6 Å². The van der Waals surface area contributed by atoms with Crippen LogP contribution in [0.3, 0.4) is 0 Å². The minimum Gasteiger partial charge on any atom is -0.494 e. The van der Waals surface area contributed by atoms with Crippen LogP contribution in [0.25, 0.3) is 28.3 Å². The first-order valence-corrected chi connectivity index (χ1v) is 14.5. The number of halogens is 2. The highest BCUT2D eigenvalue weighted by molar-refractivity contribution is 6.06. The van der Waals surface area contributed by atoms with E-state index in [-0.39, 0.29) is 24.8 Å². The highest BCUT2D eigenvalue weighted by atomic mass is 19.1. The second kappa shape index (κ2) is 14.8. The third-order valence-corrected chi connectivity index (χ3v) is 7.24. The summed E-state index contributed by atoms with van der Waals surface area (Å²) >= 11 is 0. The summed E-state index contributed by atoms with van der Waals surface area (Å²) in [5, 5.41) is 32.6. The molecule has 236 valence electrons. The first kappa shape index (κ1) is 33.1. The second-order valence-corrected chi connectivity index (χ2v) is 10.9. The van der Waals surface area contributed by atoms with Gasteiger partial charge in [-0.05, 0) is 60.9 Å². The van der Waals surface area contributed by atoms with Gasteiger partial charge in [0.05, 0.1) is 25.7 Å². The van der Waals surface area contributed by atoms with Crippen molar-refractivity contribution < 1.29 is 38.4 Å². The minimum absolute atomic E-state index is 0.0223. The predicted octanol–water partition coefficient (Wildman–Crippen LogP) is 6.22. The number of benzene rings is 3. The summed E-state index contributed by atoms with van der Waals surface area (Å²) in [5.74, 6) is -2.54. The smallest absolute Gasteiger partial charge is 0.305 e. The van der Waals surface area contributed by atoms with Gasteiger partial charge in [-0.3, -0.25) is 9.59 Å². The monoisotopic (exact) mass is 618 g/mol. The summed E-state index contributed by atoms with van der Waals surface area (Å²) in [7, 11) is 1.37. The maximum absolute atomic E-state index is 14.4. The zero-order valence-corrected chi connectivity index (χ0v) is 25.2. The lowest BCUT2D eigenvalue weighted by Gasteiger charge is -2.17. The average Bonchev–Trinajstić information content (AvgIpc) is 3.35. The highest BCUT2D eigenvalue weighted by Gasteiger charge is 2.29. The molecule has 0 aliphatic heterocycles. The van der Waals surface area contributed by atoms with Crippen molar-refractivity contribution in [1.82, 2.24) is 9.88 Å². The number of rotatable bonds is 13. The quantitative estimate of drug-likeness (QED) is 0.141. The SMILES string of the molecule is COc1ccc(CNC(=O)c2c(-c3ccccc3)c(-c3ccc(F)cc3)c(C=CC(O)CC(O)CC(=O)O)n2C(C)C)cc1F. The lowest BCUT2D eigenvalue weighted by atomic mass is 9.94. The van der Waals surface area contributed by atoms with Crippen molar-refractivity contribution in [1.29, 1.82) is 0 Å². The molecule has 0 aliphatic rings. The molecule has 2 unspecified atom stereocenters. The number of methoxy groups -OCH3 is 1. The molecular formula is C35H36F2N2O6. The summed E-state index contributed by atoms with van der Waals surface area (Å²) in [5.41, 5.74) is 3.84. The number of aliphatic hydroxyl groups is 2. The lowest BCUT2D eigenvalue weighted by molar-refractivity contribution is -0.139. The second-order valence-electron chi connectivity index (χ2n) is 10.9. The minimum atomic E-state index is -1.26. The maximum Gasteiger partial charge on any atom is 0.305 e. The van der Waals surface area contributed by atoms with E-state index in [0.717, 1.165) is 0 Å². The molecule has 1 aromatic heterocycles. The molecule has 10 heteroatoms. The first-order valence-electron chi connectivity index (χ1n) is 14.5. The van der Waals surface area contributed by atoms with E-state index >= 15 is 0 Å². The predicted molar refractivity (Wildman–Crippen MR) is 168 cm³/mol. The van der Waals surface area contributed by atoms with Gasteiger partial charge in [-0.2, -0.15) is 0 Å². The number of carbonyl (C=O) groups is 2. The van der Waals surface area contributed by atoms with Crippen LogP contribution in [0.15, 0.2) is 78.9 Å². The molecule has 4 aromatic rings. The molecule has 4 rings (SSSR count). The molecule has 45 heavy (non-hydrogen) atoms. The van der Waals surface area contributed by atoms with Crippen LogP contribution in [-0.2, 0) is 11.3 Å². The lowest BCUT2D eigenvalue weighted by Crippen LogP contribution is -2.27. The van der Waals surface area contributed by atoms with Gasteiger partial charge in [0.25, 0.3) is 5.91 Å². The number of carboxylic acid groups (broad SMARTS) is 1. The van der Waals surface area contributed by atoms with Crippen molar-refractivity contribution in [3.8, 4) is 28.0 Å². The molecule has 0 fully saturated rings. The topological polar surface area (TPSA) is 121 Å². The first-order chi connectivity index (χ1) is 21.5. The van der Waals surface area contributed by atoms with Crippen LogP contribution in [0.2, 0.25) is 0 Å². The van der Waals surface area contributed by atoms with Crippen LogP contribution in [0.5, 0.6) is 5.75 Å². The average molecular weight is 619 g/mol. The molecule has 0 bridgehead atoms. The summed E-state index contributed by atoms with van der Waals surface area (Å²) in [4.78, 5) is 25.1. The van der Waals surface area contributed by atoms with Gasteiger partial charge in [-0.25, -0.2) is 8.78 Å². The van der Waals surface area contributed by atoms with Gasteiger partial charge in [0.15, 0.2) is 11.6 Å². The van der Waals surface area contributed by atoms with E-state index in [1.54, 1.807) is 24.3 Å². The van der Waals surface area contributed by atoms with Crippen molar-refractivity contribution in [2.75, 3.05) is 7.11 Å². The Morgan fingerprint density at radius 1 is 0.956 bits per heavy atom. The number of amides is 1. The van der Waals surface area contributed by atoms with Gasteiger partial charge in [-0.1, -0.05) is 54.6 Å². The number of carbonyl (C=O) groups excluding carboxylic acids is 1. The fourth-order valence-corrected chi connectivity index (χ4v) is 5.26. The number of aliphatic hydroxyl groups excluding tert-OH is 2. The van der Waals surface area contributed by atoms with Gasteiger partial charge in [0.1, 0.15) is 11.5 Å². The number of nitrogens with one attached hydrogen (secondary N) is 1. The highest BCUT2D eigenvalue weighted by Crippen LogP contribution is 2.42. The van der Waals surface area contributed by atoms with Gasteiger partial charge >= 0.3 is 5.97 Å². The molecular weight excluding hydrogens is 582 g/mol. The van der Waals surface area contributed by atoms with Crippen LogP contribution in [0, 0.1) is 11.6 Å².